The van der Waals surface area contributed by atoms with Gasteiger partial charge in [0.2, 0.25) is 0 Å². The van der Waals surface area contributed by atoms with Gasteiger partial charge in [0.25, 0.3) is 0 Å². The van der Waals surface area contributed by atoms with Crippen molar-refractivity contribution in [2.24, 2.45) is 0 Å². The summed E-state index contributed by atoms with van der Waals surface area (Å²) in [7, 11) is 0. The van der Waals surface area contributed by atoms with E-state index in [2.05, 4.69) is 0 Å². The van der Waals surface area contributed by atoms with E-state index in [-0.39, 0.29) is 11.6 Å². The molecule has 0 bridgehead atoms. The average molecular weight is 338 g/mol. The van der Waals surface area contributed by atoms with Crippen molar-refractivity contribution in [2.45, 2.75) is 47.0 Å². The highest BCUT2D eigenvalue weighted by Gasteiger charge is 2.15. The maximum atomic E-state index is 11.8. The number of hydrogen-bond acceptors (Lipinski definition) is 3. The van der Waals surface area contributed by atoms with Crippen LogP contribution in [0.1, 0.15) is 72.4 Å². The zero-order chi connectivity index (χ0) is 18.8. The average Bonchev–Trinajstić information content (AvgIpc) is 2.62. The fourth-order valence-electron chi connectivity index (χ4n) is 2.52. The minimum absolute atomic E-state index is 0.0586. The Balaban J connectivity index is 0.000000450. The zero-order valence-corrected chi connectivity index (χ0v) is 15.5. The Kier molecular flexibility index (Phi) is 8.48. The van der Waals surface area contributed by atoms with Crippen LogP contribution in [0.15, 0.2) is 48.5 Å². The first-order valence-corrected chi connectivity index (χ1v) is 8.60. The maximum absolute atomic E-state index is 11.8. The molecule has 0 saturated carbocycles. The highest BCUT2D eigenvalue weighted by atomic mass is 16.1. The third kappa shape index (κ3) is 6.46. The number of ketones is 3. The van der Waals surface area contributed by atoms with Gasteiger partial charge in [0, 0.05) is 24.0 Å². The molecule has 0 aliphatic heterocycles. The normalized spacial score (nSPS) is 9.76. The summed E-state index contributed by atoms with van der Waals surface area (Å²) in [6.45, 7) is 6.77. The van der Waals surface area contributed by atoms with Gasteiger partial charge in [-0.2, -0.15) is 0 Å². The van der Waals surface area contributed by atoms with Crippen LogP contribution in [-0.4, -0.2) is 17.3 Å². The summed E-state index contributed by atoms with van der Waals surface area (Å²) in [5, 5.41) is 0. The molecule has 0 amide bonds. The third-order valence-electron chi connectivity index (χ3n) is 3.91. The van der Waals surface area contributed by atoms with Gasteiger partial charge in [-0.05, 0) is 31.4 Å². The Morgan fingerprint density at radius 2 is 1.36 bits per heavy atom. The smallest absolute Gasteiger partial charge is 0.160 e. The first kappa shape index (κ1) is 20.5. The van der Waals surface area contributed by atoms with Crippen molar-refractivity contribution in [1.82, 2.24) is 0 Å². The zero-order valence-electron chi connectivity index (χ0n) is 15.5. The van der Waals surface area contributed by atoms with E-state index in [1.807, 2.05) is 56.3 Å². The molecule has 0 saturated heterocycles. The first-order valence-electron chi connectivity index (χ1n) is 8.60. The quantitative estimate of drug-likeness (QED) is 0.692. The summed E-state index contributed by atoms with van der Waals surface area (Å²) in [6, 6.07) is 15.4. The summed E-state index contributed by atoms with van der Waals surface area (Å²) in [5.41, 5.74) is 3.11. The lowest BCUT2D eigenvalue weighted by molar-refractivity contribution is -0.118. The Morgan fingerprint density at radius 3 is 1.80 bits per heavy atom. The van der Waals surface area contributed by atoms with Gasteiger partial charge in [-0.15, -0.1) is 0 Å². The molecule has 0 spiro atoms. The minimum Gasteiger partial charge on any atom is -0.300 e. The van der Waals surface area contributed by atoms with E-state index in [1.165, 1.54) is 13.8 Å². The van der Waals surface area contributed by atoms with E-state index in [9.17, 15) is 14.4 Å². The van der Waals surface area contributed by atoms with Gasteiger partial charge in [-0.3, -0.25) is 14.4 Å². The van der Waals surface area contributed by atoms with Gasteiger partial charge in [0.1, 0.15) is 5.78 Å². The monoisotopic (exact) mass is 338 g/mol. The van der Waals surface area contributed by atoms with Gasteiger partial charge >= 0.3 is 0 Å². The summed E-state index contributed by atoms with van der Waals surface area (Å²) >= 11 is 0. The number of rotatable bonds is 6. The van der Waals surface area contributed by atoms with Crippen molar-refractivity contribution in [3.05, 3.63) is 70.8 Å². The molecule has 0 unspecified atom stereocenters. The van der Waals surface area contributed by atoms with Crippen LogP contribution in [0, 0.1) is 0 Å². The highest BCUT2D eigenvalue weighted by molar-refractivity contribution is 6.08. The maximum Gasteiger partial charge on any atom is 0.160 e. The molecule has 0 aliphatic rings. The van der Waals surface area contributed by atoms with Crippen LogP contribution in [0.3, 0.4) is 0 Å². The molecular formula is C22H26O3. The van der Waals surface area contributed by atoms with E-state index in [0.717, 1.165) is 11.1 Å². The molecule has 0 heterocycles. The molecule has 0 N–H and O–H groups in total. The van der Waals surface area contributed by atoms with Crippen LogP contribution < -0.4 is 0 Å². The molecule has 0 aliphatic carbocycles. The summed E-state index contributed by atoms with van der Waals surface area (Å²) in [5.74, 6) is 0.215. The van der Waals surface area contributed by atoms with E-state index in [4.69, 9.17) is 0 Å². The Labute approximate surface area is 150 Å². The second kappa shape index (κ2) is 10.3. The number of carbonyl (C=O) groups is 3. The molecule has 25 heavy (non-hydrogen) atoms. The van der Waals surface area contributed by atoms with Gasteiger partial charge in [0.15, 0.2) is 11.6 Å². The van der Waals surface area contributed by atoms with Crippen LogP contribution in [0.5, 0.6) is 0 Å². The molecule has 0 atom stereocenters. The molecule has 3 nitrogen and oxygen atoms in total. The second-order valence-electron chi connectivity index (χ2n) is 5.86. The Hall–Kier alpha value is -2.55. The lowest BCUT2D eigenvalue weighted by Gasteiger charge is -2.11. The van der Waals surface area contributed by atoms with Gasteiger partial charge in [-0.1, -0.05) is 62.4 Å². The van der Waals surface area contributed by atoms with Crippen LogP contribution in [0.4, 0.5) is 0 Å². The van der Waals surface area contributed by atoms with E-state index in [0.29, 0.717) is 36.2 Å². The number of carbonyl (C=O) groups excluding carboxylic acids is 3. The number of hydrogen-bond donors (Lipinski definition) is 0. The molecule has 0 radical (unpaired) electrons. The van der Waals surface area contributed by atoms with Crippen molar-refractivity contribution in [2.75, 3.05) is 0 Å². The lowest BCUT2D eigenvalue weighted by atomic mass is 9.92. The van der Waals surface area contributed by atoms with Crippen LogP contribution in [0.2, 0.25) is 0 Å². The van der Waals surface area contributed by atoms with E-state index < -0.39 is 0 Å². The van der Waals surface area contributed by atoms with Crippen molar-refractivity contribution in [1.29, 1.82) is 0 Å². The van der Waals surface area contributed by atoms with Crippen LogP contribution in [0.25, 0.3) is 0 Å². The largest absolute Gasteiger partial charge is 0.300 e. The molecule has 2 aromatic carbocycles. The summed E-state index contributed by atoms with van der Waals surface area (Å²) in [6.07, 6.45) is 2.05. The van der Waals surface area contributed by atoms with Crippen LogP contribution in [-0.2, 0) is 11.2 Å². The lowest BCUT2D eigenvalue weighted by Crippen LogP contribution is -2.08. The molecule has 3 heteroatoms. The van der Waals surface area contributed by atoms with E-state index >= 15 is 0 Å². The van der Waals surface area contributed by atoms with Crippen molar-refractivity contribution >= 4 is 17.3 Å². The highest BCUT2D eigenvalue weighted by Crippen LogP contribution is 2.20. The predicted molar refractivity (Wildman–Crippen MR) is 101 cm³/mol. The molecule has 0 aromatic heterocycles. The van der Waals surface area contributed by atoms with Gasteiger partial charge in [0.05, 0.1) is 0 Å². The van der Waals surface area contributed by atoms with Crippen molar-refractivity contribution in [3.8, 4) is 0 Å². The molecule has 2 aromatic rings. The molecule has 0 fully saturated rings. The summed E-state index contributed by atoms with van der Waals surface area (Å²) in [4.78, 5) is 33.6. The van der Waals surface area contributed by atoms with Gasteiger partial charge in [-0.25, -0.2) is 0 Å². The standard InChI is InChI=1S/C17H16O2.C5H10O/c1-12(18)16-10-6-9-15(17(16)13(2)19)11-14-7-4-3-5-8-14;1-3-5(6)4-2/h3-10H,11H2,1-2H3;3-4H2,1-2H3. The molecule has 2 rings (SSSR count). The third-order valence-corrected chi connectivity index (χ3v) is 3.91. The SMILES string of the molecule is CC(=O)c1cccc(Cc2ccccc2)c1C(C)=O.CCC(=O)CC. The first-order chi connectivity index (χ1) is 11.9. The second-order valence-corrected chi connectivity index (χ2v) is 5.86. The van der Waals surface area contributed by atoms with Crippen molar-refractivity contribution < 1.29 is 14.4 Å². The minimum atomic E-state index is -0.0693. The predicted octanol–water partition coefficient (Wildman–Crippen LogP) is 5.06. The Morgan fingerprint density at radius 1 is 0.760 bits per heavy atom. The fourth-order valence-corrected chi connectivity index (χ4v) is 2.52. The number of Topliss-reactive ketones (excluding diaryl/α,β-unsaturated/α-hetero) is 3. The number of benzene rings is 2. The molecular weight excluding hydrogens is 312 g/mol. The topological polar surface area (TPSA) is 51.2 Å². The van der Waals surface area contributed by atoms with Gasteiger partial charge < -0.3 is 0 Å². The fraction of sp³-hybridized carbons (Fsp3) is 0.318. The Bertz CT molecular complexity index is 724. The van der Waals surface area contributed by atoms with Crippen LogP contribution >= 0.6 is 0 Å². The van der Waals surface area contributed by atoms with Crippen molar-refractivity contribution in [3.63, 3.8) is 0 Å². The summed E-state index contributed by atoms with van der Waals surface area (Å²) < 4.78 is 0. The van der Waals surface area contributed by atoms with E-state index in [1.54, 1.807) is 6.07 Å². The molecule has 132 valence electrons.